The molecule has 0 amide bonds. The van der Waals surface area contributed by atoms with Crippen molar-refractivity contribution in [1.82, 2.24) is 0 Å². The second-order valence-electron chi connectivity index (χ2n) is 5.38. The van der Waals surface area contributed by atoms with Crippen LogP contribution in [0.4, 0.5) is 11.4 Å². The number of aryl methyl sites for hydroxylation is 1. The Hall–Kier alpha value is -1.96. The van der Waals surface area contributed by atoms with Crippen LogP contribution in [0.2, 0.25) is 0 Å². The van der Waals surface area contributed by atoms with Crippen LogP contribution in [0.1, 0.15) is 17.0 Å². The van der Waals surface area contributed by atoms with Crippen molar-refractivity contribution in [3.8, 4) is 0 Å². The second kappa shape index (κ2) is 4.96. The predicted molar refractivity (Wildman–Crippen MR) is 82.1 cm³/mol. The molecule has 2 aromatic carbocycles. The number of likely N-dealkylation sites (N-methyl/N-ethyl adjacent to an activating group) is 1. The van der Waals surface area contributed by atoms with Crippen molar-refractivity contribution in [2.45, 2.75) is 12.8 Å². The highest BCUT2D eigenvalue weighted by Gasteiger charge is 2.22. The first-order valence-electron chi connectivity index (χ1n) is 6.84. The molecular weight excluding hydrogens is 232 g/mol. The number of fused-ring (bicyclic) bond motifs is 1. The number of anilines is 2. The van der Waals surface area contributed by atoms with Gasteiger partial charge in [-0.15, -0.1) is 0 Å². The molecular formula is C17H20N2. The quantitative estimate of drug-likeness (QED) is 0.897. The van der Waals surface area contributed by atoms with Gasteiger partial charge in [0.1, 0.15) is 0 Å². The van der Waals surface area contributed by atoms with E-state index in [0.29, 0.717) is 5.92 Å². The van der Waals surface area contributed by atoms with E-state index in [0.717, 1.165) is 13.1 Å². The molecule has 0 bridgehead atoms. The first kappa shape index (κ1) is 12.1. The highest BCUT2D eigenvalue weighted by molar-refractivity contribution is 5.58. The van der Waals surface area contributed by atoms with Crippen molar-refractivity contribution >= 4 is 11.4 Å². The van der Waals surface area contributed by atoms with Gasteiger partial charge in [-0.1, -0.05) is 30.3 Å². The van der Waals surface area contributed by atoms with E-state index < -0.39 is 0 Å². The van der Waals surface area contributed by atoms with Gasteiger partial charge >= 0.3 is 0 Å². The average Bonchev–Trinajstić information content (AvgIpc) is 2.82. The zero-order valence-electron chi connectivity index (χ0n) is 11.6. The Morgan fingerprint density at radius 3 is 2.84 bits per heavy atom. The van der Waals surface area contributed by atoms with Crippen LogP contribution in [0.25, 0.3) is 0 Å². The van der Waals surface area contributed by atoms with Crippen molar-refractivity contribution in [1.29, 1.82) is 0 Å². The number of benzene rings is 2. The predicted octanol–water partition coefficient (Wildman–Crippen LogP) is 3.64. The first-order chi connectivity index (χ1) is 9.24. The normalized spacial score (nSPS) is 16.8. The third-order valence-corrected chi connectivity index (χ3v) is 3.88. The van der Waals surface area contributed by atoms with E-state index in [2.05, 4.69) is 72.7 Å². The largest absolute Gasteiger partial charge is 0.384 e. The lowest BCUT2D eigenvalue weighted by atomic mass is 10.0. The Balaban J connectivity index is 1.76. The zero-order chi connectivity index (χ0) is 13.2. The summed E-state index contributed by atoms with van der Waals surface area (Å²) in [6.45, 7) is 4.23. The summed E-state index contributed by atoms with van der Waals surface area (Å²) < 4.78 is 0. The first-order valence-corrected chi connectivity index (χ1v) is 6.84. The molecule has 0 spiro atoms. The second-order valence-corrected chi connectivity index (χ2v) is 5.38. The van der Waals surface area contributed by atoms with E-state index in [1.54, 1.807) is 0 Å². The van der Waals surface area contributed by atoms with Crippen LogP contribution >= 0.6 is 0 Å². The molecule has 2 aromatic rings. The fourth-order valence-electron chi connectivity index (χ4n) is 2.82. The van der Waals surface area contributed by atoms with Crippen molar-refractivity contribution in [3.63, 3.8) is 0 Å². The smallest absolute Gasteiger partial charge is 0.0377 e. The fraction of sp³-hybridized carbons (Fsp3) is 0.294. The Kier molecular flexibility index (Phi) is 3.16. The summed E-state index contributed by atoms with van der Waals surface area (Å²) in [6.07, 6.45) is 0. The standard InChI is InChI=1S/C17H20N2/c1-13-6-5-7-15(10-13)19(2)12-14-11-18-17-9-4-3-8-16(14)17/h3-10,14,18H,11-12H2,1-2H3. The highest BCUT2D eigenvalue weighted by Crippen LogP contribution is 2.32. The maximum Gasteiger partial charge on any atom is 0.0377 e. The monoisotopic (exact) mass is 252 g/mol. The Bertz CT molecular complexity index is 577. The summed E-state index contributed by atoms with van der Waals surface area (Å²) in [7, 11) is 2.18. The van der Waals surface area contributed by atoms with E-state index in [1.165, 1.54) is 22.5 Å². The van der Waals surface area contributed by atoms with Crippen LogP contribution in [0.5, 0.6) is 0 Å². The van der Waals surface area contributed by atoms with Crippen LogP contribution in [0, 0.1) is 6.92 Å². The van der Waals surface area contributed by atoms with Crippen LogP contribution < -0.4 is 10.2 Å². The summed E-state index contributed by atoms with van der Waals surface area (Å²) in [4.78, 5) is 2.35. The van der Waals surface area contributed by atoms with Gasteiger partial charge in [0.25, 0.3) is 0 Å². The summed E-state index contributed by atoms with van der Waals surface area (Å²) >= 11 is 0. The lowest BCUT2D eigenvalue weighted by Gasteiger charge is -2.23. The van der Waals surface area contributed by atoms with Crippen molar-refractivity contribution in [2.24, 2.45) is 0 Å². The maximum atomic E-state index is 3.49. The molecule has 2 nitrogen and oxygen atoms in total. The van der Waals surface area contributed by atoms with Crippen LogP contribution in [0.15, 0.2) is 48.5 Å². The molecule has 1 aliphatic rings. The van der Waals surface area contributed by atoms with Crippen molar-refractivity contribution < 1.29 is 0 Å². The SMILES string of the molecule is Cc1cccc(N(C)CC2CNc3ccccc32)c1. The molecule has 1 aliphatic heterocycles. The third-order valence-electron chi connectivity index (χ3n) is 3.88. The van der Waals surface area contributed by atoms with Gasteiger partial charge in [0.15, 0.2) is 0 Å². The number of nitrogens with one attached hydrogen (secondary N) is 1. The van der Waals surface area contributed by atoms with E-state index in [1.807, 2.05) is 0 Å². The van der Waals surface area contributed by atoms with Gasteiger partial charge in [0, 0.05) is 37.4 Å². The summed E-state index contributed by atoms with van der Waals surface area (Å²) in [5, 5.41) is 3.49. The number of rotatable bonds is 3. The maximum absolute atomic E-state index is 3.49. The summed E-state index contributed by atoms with van der Waals surface area (Å²) in [5.41, 5.74) is 5.35. The zero-order valence-corrected chi connectivity index (χ0v) is 11.6. The molecule has 0 fully saturated rings. The third kappa shape index (κ3) is 2.43. The van der Waals surface area contributed by atoms with E-state index in [4.69, 9.17) is 0 Å². The number of hydrogen-bond donors (Lipinski definition) is 1. The van der Waals surface area contributed by atoms with Crippen molar-refractivity contribution in [2.75, 3.05) is 30.4 Å². The van der Waals surface area contributed by atoms with Crippen LogP contribution in [-0.2, 0) is 0 Å². The lowest BCUT2D eigenvalue weighted by Crippen LogP contribution is -2.25. The lowest BCUT2D eigenvalue weighted by molar-refractivity contribution is 0.728. The number of hydrogen-bond acceptors (Lipinski definition) is 2. The Morgan fingerprint density at radius 2 is 2.00 bits per heavy atom. The van der Waals surface area contributed by atoms with Gasteiger partial charge in [-0.3, -0.25) is 0 Å². The molecule has 0 saturated heterocycles. The van der Waals surface area contributed by atoms with Gasteiger partial charge in [-0.2, -0.15) is 0 Å². The molecule has 2 heteroatoms. The average molecular weight is 252 g/mol. The number of para-hydroxylation sites is 1. The minimum absolute atomic E-state index is 0.571. The van der Waals surface area contributed by atoms with Gasteiger partial charge in [-0.25, -0.2) is 0 Å². The Morgan fingerprint density at radius 1 is 1.16 bits per heavy atom. The molecule has 0 aromatic heterocycles. The molecule has 0 aliphatic carbocycles. The van der Waals surface area contributed by atoms with E-state index in [-0.39, 0.29) is 0 Å². The molecule has 0 saturated carbocycles. The molecule has 0 radical (unpaired) electrons. The minimum atomic E-state index is 0.571. The van der Waals surface area contributed by atoms with Gasteiger partial charge in [0.2, 0.25) is 0 Å². The fourth-order valence-corrected chi connectivity index (χ4v) is 2.82. The van der Waals surface area contributed by atoms with E-state index >= 15 is 0 Å². The van der Waals surface area contributed by atoms with Gasteiger partial charge < -0.3 is 10.2 Å². The molecule has 98 valence electrons. The van der Waals surface area contributed by atoms with Gasteiger partial charge in [0.05, 0.1) is 0 Å². The summed E-state index contributed by atoms with van der Waals surface area (Å²) in [5.74, 6) is 0.571. The highest BCUT2D eigenvalue weighted by atomic mass is 15.1. The summed E-state index contributed by atoms with van der Waals surface area (Å²) in [6, 6.07) is 17.3. The Labute approximate surface area is 115 Å². The van der Waals surface area contributed by atoms with E-state index in [9.17, 15) is 0 Å². The molecule has 19 heavy (non-hydrogen) atoms. The van der Waals surface area contributed by atoms with Crippen LogP contribution in [0.3, 0.4) is 0 Å². The molecule has 1 unspecified atom stereocenters. The number of nitrogens with zero attached hydrogens (tertiary/aromatic N) is 1. The van der Waals surface area contributed by atoms with Crippen molar-refractivity contribution in [3.05, 3.63) is 59.7 Å². The molecule has 1 atom stereocenters. The van der Waals surface area contributed by atoms with Gasteiger partial charge in [-0.05, 0) is 36.2 Å². The molecule has 3 rings (SSSR count). The molecule has 1 heterocycles. The van der Waals surface area contributed by atoms with Crippen LogP contribution in [-0.4, -0.2) is 20.1 Å². The topological polar surface area (TPSA) is 15.3 Å². The minimum Gasteiger partial charge on any atom is -0.384 e. The molecule has 1 N–H and O–H groups in total.